The van der Waals surface area contributed by atoms with E-state index in [0.29, 0.717) is 39.8 Å². The normalized spacial score (nSPS) is 22.9. The van der Waals surface area contributed by atoms with Crippen molar-refractivity contribution in [1.82, 2.24) is 14.9 Å². The maximum atomic E-state index is 15.1. The van der Waals surface area contributed by atoms with E-state index in [4.69, 9.17) is 14.2 Å². The molecule has 3 aromatic carbocycles. The van der Waals surface area contributed by atoms with E-state index in [1.54, 1.807) is 42.5 Å². The molecule has 0 bridgehead atoms. The highest BCUT2D eigenvalue weighted by Gasteiger charge is 2.48. The SMILES string of the molecule is CN(C)Cc1cc(O)c(-c2ccc(-c3cc4nc(O[C@@H]5CO[C@H]6[C@@H]5OC[C@H]6O)[nH]c4cc3F)cc2)c(O)c1. The molecule has 2 aliphatic heterocycles. The molecule has 1 aromatic heterocycles. The molecule has 0 radical (unpaired) electrons. The van der Waals surface area contributed by atoms with Gasteiger partial charge in [0.05, 0.1) is 29.8 Å². The molecule has 198 valence electrons. The number of phenolic OH excluding ortho intramolecular Hbond substituents is 2. The second-order valence-corrected chi connectivity index (χ2v) is 10.0. The van der Waals surface area contributed by atoms with Crippen LogP contribution in [0.4, 0.5) is 4.39 Å². The third kappa shape index (κ3) is 4.45. The van der Waals surface area contributed by atoms with Crippen molar-refractivity contribution in [3.05, 3.63) is 59.9 Å². The predicted molar refractivity (Wildman–Crippen MR) is 138 cm³/mol. The number of nitrogens with one attached hydrogen (secondary N) is 1. The molecule has 2 aliphatic rings. The van der Waals surface area contributed by atoms with Crippen molar-refractivity contribution in [2.75, 3.05) is 27.3 Å². The van der Waals surface area contributed by atoms with Crippen molar-refractivity contribution in [2.24, 2.45) is 0 Å². The Kier molecular flexibility index (Phi) is 6.19. The van der Waals surface area contributed by atoms with E-state index in [9.17, 15) is 15.3 Å². The van der Waals surface area contributed by atoms with E-state index < -0.39 is 24.1 Å². The van der Waals surface area contributed by atoms with E-state index >= 15 is 4.39 Å². The first-order chi connectivity index (χ1) is 18.3. The molecule has 38 heavy (non-hydrogen) atoms. The van der Waals surface area contributed by atoms with Crippen LogP contribution in [0.3, 0.4) is 0 Å². The maximum Gasteiger partial charge on any atom is 0.295 e. The van der Waals surface area contributed by atoms with Gasteiger partial charge in [0.25, 0.3) is 6.01 Å². The second kappa shape index (κ2) is 9.55. The molecular formula is C28H28FN3O6. The van der Waals surface area contributed by atoms with Crippen LogP contribution in [-0.2, 0) is 16.0 Å². The Morgan fingerprint density at radius 1 is 1.00 bits per heavy atom. The number of aromatic nitrogens is 2. The standard InChI is InChI=1S/C28H28FN3O6/c1-32(2)11-14-7-21(33)25(22(34)8-14)16-5-3-15(4-6-16)17-9-19-20(10-18(17)29)31-28(30-19)38-24-13-37-26-23(35)12-36-27(24)26/h3-10,23-24,26-27,33-35H,11-13H2,1-2H3,(H,30,31)/t23-,24-,26-,27-/m1/s1. The molecule has 0 aliphatic carbocycles. The zero-order valence-corrected chi connectivity index (χ0v) is 20.9. The molecule has 10 heteroatoms. The molecule has 0 saturated carbocycles. The Bertz CT molecular complexity index is 1470. The summed E-state index contributed by atoms with van der Waals surface area (Å²) in [5.41, 5.74) is 3.68. The van der Waals surface area contributed by atoms with Gasteiger partial charge in [0.1, 0.15) is 35.6 Å². The number of aromatic amines is 1. The molecule has 4 N–H and O–H groups in total. The van der Waals surface area contributed by atoms with E-state index in [1.807, 2.05) is 19.0 Å². The summed E-state index contributed by atoms with van der Waals surface area (Å²) >= 11 is 0. The lowest BCUT2D eigenvalue weighted by Gasteiger charge is -2.15. The summed E-state index contributed by atoms with van der Waals surface area (Å²) in [6, 6.07) is 13.4. The molecule has 4 aromatic rings. The molecule has 0 unspecified atom stereocenters. The van der Waals surface area contributed by atoms with Crippen LogP contribution in [0.1, 0.15) is 5.56 Å². The van der Waals surface area contributed by atoms with Crippen molar-refractivity contribution in [3.8, 4) is 39.8 Å². The number of aliphatic hydroxyl groups is 1. The number of aliphatic hydroxyl groups excluding tert-OH is 1. The first kappa shape index (κ1) is 24.6. The monoisotopic (exact) mass is 521 g/mol. The third-order valence-corrected chi connectivity index (χ3v) is 6.93. The Morgan fingerprint density at radius 2 is 1.68 bits per heavy atom. The van der Waals surface area contributed by atoms with E-state index in [1.165, 1.54) is 6.07 Å². The maximum absolute atomic E-state index is 15.1. The molecule has 2 fully saturated rings. The molecule has 9 nitrogen and oxygen atoms in total. The zero-order valence-electron chi connectivity index (χ0n) is 20.9. The van der Waals surface area contributed by atoms with Gasteiger partial charge in [-0.15, -0.1) is 0 Å². The number of imidazole rings is 1. The number of hydrogen-bond donors (Lipinski definition) is 4. The van der Waals surface area contributed by atoms with Gasteiger partial charge in [-0.2, -0.15) is 4.98 Å². The Balaban J connectivity index is 1.24. The number of H-pyrrole nitrogens is 1. The molecule has 2 saturated heterocycles. The summed E-state index contributed by atoms with van der Waals surface area (Å²) in [4.78, 5) is 9.39. The molecule has 0 amide bonds. The van der Waals surface area contributed by atoms with Crippen LogP contribution in [-0.4, -0.2) is 81.9 Å². The average molecular weight is 522 g/mol. The van der Waals surface area contributed by atoms with E-state index in [0.717, 1.165) is 5.56 Å². The van der Waals surface area contributed by atoms with Crippen LogP contribution in [0.15, 0.2) is 48.5 Å². The first-order valence-electron chi connectivity index (χ1n) is 12.3. The average Bonchev–Trinajstić information content (AvgIpc) is 3.55. The van der Waals surface area contributed by atoms with Gasteiger partial charge in [-0.05, 0) is 49.0 Å². The number of ether oxygens (including phenoxy) is 3. The fourth-order valence-electron chi connectivity index (χ4n) is 5.21. The lowest BCUT2D eigenvalue weighted by Crippen LogP contribution is -2.34. The van der Waals surface area contributed by atoms with Gasteiger partial charge in [0, 0.05) is 18.2 Å². The lowest BCUT2D eigenvalue weighted by atomic mass is 9.97. The number of fused-ring (bicyclic) bond motifs is 2. The summed E-state index contributed by atoms with van der Waals surface area (Å²) in [5.74, 6) is -0.490. The van der Waals surface area contributed by atoms with Gasteiger partial charge in [-0.1, -0.05) is 24.3 Å². The highest BCUT2D eigenvalue weighted by atomic mass is 19.1. The van der Waals surface area contributed by atoms with Crippen LogP contribution in [0.25, 0.3) is 33.3 Å². The van der Waals surface area contributed by atoms with E-state index in [2.05, 4.69) is 9.97 Å². The van der Waals surface area contributed by atoms with Crippen LogP contribution in [0.5, 0.6) is 17.5 Å². The second-order valence-electron chi connectivity index (χ2n) is 10.0. The summed E-state index contributed by atoms with van der Waals surface area (Å²) in [5, 5.41) is 31.0. The van der Waals surface area contributed by atoms with Crippen molar-refractivity contribution < 1.29 is 33.9 Å². The number of aromatic hydroxyl groups is 2. The number of phenols is 2. The number of rotatable bonds is 6. The molecule has 4 atom stereocenters. The Hall–Kier alpha value is -3.70. The van der Waals surface area contributed by atoms with Crippen LogP contribution >= 0.6 is 0 Å². The molecule has 3 heterocycles. The number of halogens is 1. The minimum atomic E-state index is -0.678. The topological polar surface area (TPSA) is 120 Å². The summed E-state index contributed by atoms with van der Waals surface area (Å²) < 4.78 is 32.2. The number of nitrogens with zero attached hydrogens (tertiary/aromatic N) is 2. The van der Waals surface area contributed by atoms with Crippen LogP contribution < -0.4 is 4.74 Å². The minimum Gasteiger partial charge on any atom is -0.507 e. The summed E-state index contributed by atoms with van der Waals surface area (Å²) in [6.45, 7) is 1.04. The fraction of sp³-hybridized carbons (Fsp3) is 0.321. The fourth-order valence-corrected chi connectivity index (χ4v) is 5.21. The highest BCUT2D eigenvalue weighted by Crippen LogP contribution is 2.40. The van der Waals surface area contributed by atoms with Gasteiger partial charge in [0.15, 0.2) is 6.10 Å². The minimum absolute atomic E-state index is 0.0252. The first-order valence-corrected chi connectivity index (χ1v) is 12.3. The van der Waals surface area contributed by atoms with Crippen molar-refractivity contribution >= 4 is 11.0 Å². The van der Waals surface area contributed by atoms with Gasteiger partial charge in [-0.25, -0.2) is 4.39 Å². The molecule has 6 rings (SSSR count). The van der Waals surface area contributed by atoms with Gasteiger partial charge in [-0.3, -0.25) is 0 Å². The predicted octanol–water partition coefficient (Wildman–Crippen LogP) is 3.41. The number of benzene rings is 3. The van der Waals surface area contributed by atoms with E-state index in [-0.39, 0.29) is 36.8 Å². The van der Waals surface area contributed by atoms with Gasteiger partial charge < -0.3 is 39.4 Å². The number of hydrogen-bond acceptors (Lipinski definition) is 8. The van der Waals surface area contributed by atoms with Crippen molar-refractivity contribution in [1.29, 1.82) is 0 Å². The van der Waals surface area contributed by atoms with Crippen LogP contribution in [0.2, 0.25) is 0 Å². The smallest absolute Gasteiger partial charge is 0.295 e. The van der Waals surface area contributed by atoms with Crippen molar-refractivity contribution in [3.63, 3.8) is 0 Å². The van der Waals surface area contributed by atoms with Gasteiger partial charge >= 0.3 is 0 Å². The van der Waals surface area contributed by atoms with Gasteiger partial charge in [0.2, 0.25) is 0 Å². The van der Waals surface area contributed by atoms with Crippen LogP contribution in [0, 0.1) is 5.82 Å². The molecular weight excluding hydrogens is 493 g/mol. The Labute approximate surface area is 218 Å². The highest BCUT2D eigenvalue weighted by molar-refractivity contribution is 5.84. The van der Waals surface area contributed by atoms with Crippen molar-refractivity contribution in [2.45, 2.75) is 31.0 Å². The largest absolute Gasteiger partial charge is 0.507 e. The quantitative estimate of drug-likeness (QED) is 0.305. The third-order valence-electron chi connectivity index (χ3n) is 6.93. The summed E-state index contributed by atoms with van der Waals surface area (Å²) in [6.07, 6.45) is -1.91. The molecule has 0 spiro atoms. The lowest BCUT2D eigenvalue weighted by molar-refractivity contribution is 0.00706. The zero-order chi connectivity index (χ0) is 26.6. The Morgan fingerprint density at radius 3 is 2.39 bits per heavy atom. The summed E-state index contributed by atoms with van der Waals surface area (Å²) in [7, 11) is 3.81.